The fourth-order valence-corrected chi connectivity index (χ4v) is 4.50. The summed E-state index contributed by atoms with van der Waals surface area (Å²) >= 11 is 1.67. The number of nitrogens with one attached hydrogen (secondary N) is 1. The fraction of sp³-hybridized carbons (Fsp3) is 0.435. The normalized spacial score (nSPS) is 21.3. The molecule has 156 valence electrons. The number of aliphatic hydroxyl groups is 1. The number of ether oxygens (including phenoxy) is 2. The maximum absolute atomic E-state index is 12.8. The molecule has 1 aliphatic heterocycles. The van der Waals surface area contributed by atoms with Crippen LogP contribution in [0.2, 0.25) is 0 Å². The number of rotatable bonds is 10. The third-order valence-electron chi connectivity index (χ3n) is 5.05. The van der Waals surface area contributed by atoms with Crippen LogP contribution in [0.15, 0.2) is 59.7 Å². The first-order valence-electron chi connectivity index (χ1n) is 10.2. The number of thiophene rings is 1. The summed E-state index contributed by atoms with van der Waals surface area (Å²) in [7, 11) is 0. The van der Waals surface area contributed by atoms with E-state index < -0.39 is 6.29 Å². The van der Waals surface area contributed by atoms with Crippen LogP contribution in [0, 0.1) is 5.92 Å². The summed E-state index contributed by atoms with van der Waals surface area (Å²) in [5, 5.41) is 14.3. The summed E-state index contributed by atoms with van der Waals surface area (Å²) in [6.45, 7) is 3.09. The molecule has 2 heterocycles. The van der Waals surface area contributed by atoms with Crippen LogP contribution >= 0.6 is 11.3 Å². The van der Waals surface area contributed by atoms with Gasteiger partial charge in [0.2, 0.25) is 6.29 Å². The van der Waals surface area contributed by atoms with E-state index in [1.54, 1.807) is 11.3 Å². The molecule has 0 saturated heterocycles. The smallest absolute Gasteiger partial charge is 0.286 e. The lowest BCUT2D eigenvalue weighted by atomic mass is 9.84. The Morgan fingerprint density at radius 2 is 2.07 bits per heavy atom. The Kier molecular flexibility index (Phi) is 8.28. The van der Waals surface area contributed by atoms with E-state index in [1.165, 1.54) is 10.4 Å². The summed E-state index contributed by atoms with van der Waals surface area (Å²) in [6, 6.07) is 14.2. The molecule has 2 N–H and O–H groups in total. The van der Waals surface area contributed by atoms with Crippen molar-refractivity contribution in [3.05, 3.63) is 70.1 Å². The molecule has 1 amide bonds. The predicted molar refractivity (Wildman–Crippen MR) is 115 cm³/mol. The van der Waals surface area contributed by atoms with Crippen molar-refractivity contribution in [2.45, 2.75) is 38.4 Å². The molecule has 0 spiro atoms. The van der Waals surface area contributed by atoms with Crippen molar-refractivity contribution >= 4 is 17.2 Å². The van der Waals surface area contributed by atoms with Gasteiger partial charge in [0.1, 0.15) is 0 Å². The second-order valence-electron chi connectivity index (χ2n) is 7.03. The molecule has 3 rings (SSSR count). The average Bonchev–Trinajstić information content (AvgIpc) is 3.28. The van der Waals surface area contributed by atoms with Gasteiger partial charge in [-0.1, -0.05) is 36.4 Å². The van der Waals surface area contributed by atoms with Crippen molar-refractivity contribution in [2.75, 3.05) is 19.8 Å². The van der Waals surface area contributed by atoms with E-state index in [4.69, 9.17) is 9.47 Å². The summed E-state index contributed by atoms with van der Waals surface area (Å²) in [5.74, 6) is 0.186. The van der Waals surface area contributed by atoms with Gasteiger partial charge in [-0.3, -0.25) is 4.79 Å². The number of allylic oxidation sites excluding steroid dienone is 1. The Balaban J connectivity index is 1.72. The minimum Gasteiger partial charge on any atom is -0.459 e. The van der Waals surface area contributed by atoms with Crippen LogP contribution in [0.4, 0.5) is 0 Å². The van der Waals surface area contributed by atoms with Crippen LogP contribution in [0.25, 0.3) is 0 Å². The van der Waals surface area contributed by atoms with Gasteiger partial charge in [-0.15, -0.1) is 11.3 Å². The van der Waals surface area contributed by atoms with Gasteiger partial charge < -0.3 is 19.9 Å². The van der Waals surface area contributed by atoms with Gasteiger partial charge in [0.15, 0.2) is 5.76 Å². The van der Waals surface area contributed by atoms with Gasteiger partial charge in [-0.2, -0.15) is 0 Å². The molecule has 3 atom stereocenters. The Morgan fingerprint density at radius 3 is 2.76 bits per heavy atom. The van der Waals surface area contributed by atoms with Crippen molar-refractivity contribution in [2.24, 2.45) is 5.92 Å². The van der Waals surface area contributed by atoms with Crippen LogP contribution in [-0.2, 0) is 20.7 Å². The van der Waals surface area contributed by atoms with Crippen molar-refractivity contribution < 1.29 is 19.4 Å². The fourth-order valence-electron chi connectivity index (χ4n) is 3.63. The third kappa shape index (κ3) is 5.92. The first-order chi connectivity index (χ1) is 14.2. The molecular formula is C23H29NO4S. The molecule has 1 aromatic carbocycles. The van der Waals surface area contributed by atoms with E-state index in [-0.39, 0.29) is 24.3 Å². The molecule has 0 saturated carbocycles. The Labute approximate surface area is 176 Å². The molecule has 0 radical (unpaired) electrons. The van der Waals surface area contributed by atoms with E-state index in [1.807, 2.05) is 54.8 Å². The lowest BCUT2D eigenvalue weighted by Gasteiger charge is -2.36. The highest BCUT2D eigenvalue weighted by Crippen LogP contribution is 2.40. The van der Waals surface area contributed by atoms with E-state index in [0.29, 0.717) is 25.3 Å². The van der Waals surface area contributed by atoms with Crippen LogP contribution in [0.5, 0.6) is 0 Å². The maximum Gasteiger partial charge on any atom is 0.286 e. The van der Waals surface area contributed by atoms with Gasteiger partial charge in [0, 0.05) is 36.5 Å². The molecule has 0 fully saturated rings. The van der Waals surface area contributed by atoms with Crippen molar-refractivity contribution in [3.63, 3.8) is 0 Å². The molecule has 2 aromatic rings. The number of benzene rings is 1. The second-order valence-corrected chi connectivity index (χ2v) is 8.01. The molecule has 5 nitrogen and oxygen atoms in total. The first-order valence-corrected chi connectivity index (χ1v) is 11.1. The van der Waals surface area contributed by atoms with Crippen LogP contribution in [0.1, 0.15) is 36.1 Å². The minimum atomic E-state index is -0.501. The van der Waals surface area contributed by atoms with E-state index in [9.17, 15) is 9.90 Å². The Morgan fingerprint density at radius 1 is 1.24 bits per heavy atom. The number of amides is 1. The largest absolute Gasteiger partial charge is 0.459 e. The third-order valence-corrected chi connectivity index (χ3v) is 6.02. The van der Waals surface area contributed by atoms with Crippen molar-refractivity contribution in [3.8, 4) is 0 Å². The lowest BCUT2D eigenvalue weighted by molar-refractivity contribution is -0.166. The zero-order valence-electron chi connectivity index (χ0n) is 16.8. The molecule has 1 aliphatic rings. The molecule has 0 unspecified atom stereocenters. The summed E-state index contributed by atoms with van der Waals surface area (Å²) in [5.41, 5.74) is 1.18. The van der Waals surface area contributed by atoms with E-state index in [0.717, 1.165) is 12.8 Å². The maximum atomic E-state index is 12.8. The van der Waals surface area contributed by atoms with Gasteiger partial charge in [0.05, 0.1) is 0 Å². The molecule has 0 aliphatic carbocycles. The Bertz CT molecular complexity index is 775. The lowest BCUT2D eigenvalue weighted by Crippen LogP contribution is -2.39. The van der Waals surface area contributed by atoms with E-state index >= 15 is 0 Å². The number of carbonyl (C=O) groups excluding carboxylic acids is 1. The monoisotopic (exact) mass is 415 g/mol. The topological polar surface area (TPSA) is 67.8 Å². The van der Waals surface area contributed by atoms with Gasteiger partial charge in [0.25, 0.3) is 5.91 Å². The number of hydrogen-bond acceptors (Lipinski definition) is 5. The predicted octanol–water partition coefficient (Wildman–Crippen LogP) is 3.86. The molecule has 0 bridgehead atoms. The zero-order valence-corrected chi connectivity index (χ0v) is 17.6. The van der Waals surface area contributed by atoms with E-state index in [2.05, 4.69) is 11.4 Å². The number of aliphatic hydroxyl groups excluding tert-OH is 1. The minimum absolute atomic E-state index is 0.0294. The highest BCUT2D eigenvalue weighted by molar-refractivity contribution is 7.10. The summed E-state index contributed by atoms with van der Waals surface area (Å²) in [6.07, 6.45) is 3.62. The summed E-state index contributed by atoms with van der Waals surface area (Å²) < 4.78 is 11.8. The molecule has 29 heavy (non-hydrogen) atoms. The van der Waals surface area contributed by atoms with Gasteiger partial charge in [-0.05, 0) is 49.3 Å². The van der Waals surface area contributed by atoms with Crippen molar-refractivity contribution in [1.82, 2.24) is 5.32 Å². The zero-order chi connectivity index (χ0) is 20.5. The highest BCUT2D eigenvalue weighted by Gasteiger charge is 2.38. The van der Waals surface area contributed by atoms with Gasteiger partial charge >= 0.3 is 0 Å². The van der Waals surface area contributed by atoms with Gasteiger partial charge in [-0.25, -0.2) is 0 Å². The standard InChI is InChI=1S/C23H29NO4S/c1-2-27-23-18(10-6-14-25)19(21-11-7-15-29-21)16-20(28-23)22(26)24-13-12-17-8-4-3-5-9-17/h3-5,7-9,11,15-16,18-19,23,25H,2,6,10,12-14H2,1H3,(H,24,26)/t18-,19+,23-/m1/s1. The number of hydrogen-bond donors (Lipinski definition) is 2. The van der Waals surface area contributed by atoms with Crippen LogP contribution in [-0.4, -0.2) is 37.1 Å². The molecule has 1 aromatic heterocycles. The molecule has 6 heteroatoms. The average molecular weight is 416 g/mol. The Hall–Kier alpha value is -2.15. The SMILES string of the molecule is CCO[C@@H]1OC(C(=O)NCCc2ccccc2)=C[C@H](c2cccs2)[C@H]1CCCO. The second kappa shape index (κ2) is 11.1. The quantitative estimate of drug-likeness (QED) is 0.618. The van der Waals surface area contributed by atoms with Crippen molar-refractivity contribution in [1.29, 1.82) is 0 Å². The first kappa shape index (κ1) is 21.6. The summed E-state index contributed by atoms with van der Waals surface area (Å²) in [4.78, 5) is 14.0. The van der Waals surface area contributed by atoms with Crippen LogP contribution < -0.4 is 5.32 Å². The molecular weight excluding hydrogens is 386 g/mol. The number of carbonyl (C=O) groups is 1. The highest BCUT2D eigenvalue weighted by atomic mass is 32.1. The van der Waals surface area contributed by atoms with Crippen LogP contribution in [0.3, 0.4) is 0 Å².